The number of nitrogens with two attached hydrogens (primary N) is 1. The average Bonchev–Trinajstić information content (AvgIpc) is 3.07. The molecule has 148 valence electrons. The number of aliphatic hydroxyl groups excluding tert-OH is 1. The smallest absolute Gasteiger partial charge is 0.335 e. The van der Waals surface area contributed by atoms with E-state index in [1.165, 1.54) is 0 Å². The van der Waals surface area contributed by atoms with Crippen molar-refractivity contribution < 1.29 is 15.0 Å². The first-order chi connectivity index (χ1) is 13.2. The monoisotopic (exact) mass is 382 g/mol. The molecule has 0 aliphatic heterocycles. The van der Waals surface area contributed by atoms with Gasteiger partial charge in [0.2, 0.25) is 0 Å². The predicted octanol–water partition coefficient (Wildman–Crippen LogP) is 2.81. The molecule has 0 amide bonds. The molecule has 0 fully saturated rings. The summed E-state index contributed by atoms with van der Waals surface area (Å²) >= 11 is 0. The van der Waals surface area contributed by atoms with Crippen molar-refractivity contribution in [1.29, 1.82) is 0 Å². The molecule has 7 nitrogen and oxygen atoms in total. The minimum Gasteiger partial charge on any atom is -0.478 e. The van der Waals surface area contributed by atoms with E-state index in [-0.39, 0.29) is 11.1 Å². The zero-order chi connectivity index (χ0) is 20.3. The number of nitrogens with one attached hydrogen (secondary N) is 1. The Bertz CT molecular complexity index is 981. The summed E-state index contributed by atoms with van der Waals surface area (Å²) < 4.78 is 2.01. The number of aromatic nitrogens is 2. The predicted molar refractivity (Wildman–Crippen MR) is 109 cm³/mol. The van der Waals surface area contributed by atoms with Crippen LogP contribution in [0.2, 0.25) is 0 Å². The number of fused-ring (bicyclic) bond motifs is 1. The van der Waals surface area contributed by atoms with Crippen molar-refractivity contribution in [2.75, 3.05) is 12.3 Å². The highest BCUT2D eigenvalue weighted by Crippen LogP contribution is 2.20. The van der Waals surface area contributed by atoms with Gasteiger partial charge in [-0.15, -0.1) is 0 Å². The van der Waals surface area contributed by atoms with Crippen LogP contribution in [0.1, 0.15) is 42.3 Å². The Morgan fingerprint density at radius 3 is 2.79 bits per heavy atom. The van der Waals surface area contributed by atoms with E-state index in [9.17, 15) is 9.90 Å². The standard InChI is InChI=1S/C21H26N4O3/c1-21(2,24-12-19(26)14-4-3-5-16(22)10-14)8-9-25-13-23-17-11-15(20(27)28)6-7-18(17)25/h3-7,10-11,13,19,24,26H,8-9,12,22H2,1-2H3,(H,27,28)/t19-/m0/s1. The van der Waals surface area contributed by atoms with Crippen molar-refractivity contribution in [2.45, 2.75) is 38.5 Å². The second-order valence-corrected chi connectivity index (χ2v) is 7.65. The third-order valence-corrected chi connectivity index (χ3v) is 4.92. The van der Waals surface area contributed by atoms with Crippen molar-refractivity contribution >= 4 is 22.7 Å². The first-order valence-electron chi connectivity index (χ1n) is 9.22. The van der Waals surface area contributed by atoms with Crippen molar-refractivity contribution in [2.24, 2.45) is 0 Å². The molecule has 3 aromatic rings. The Hall–Kier alpha value is -2.90. The van der Waals surface area contributed by atoms with Gasteiger partial charge in [0.25, 0.3) is 0 Å². The fraction of sp³-hybridized carbons (Fsp3) is 0.333. The highest BCUT2D eigenvalue weighted by molar-refractivity contribution is 5.92. The lowest BCUT2D eigenvalue weighted by molar-refractivity contribution is 0.0697. The Morgan fingerprint density at radius 2 is 2.07 bits per heavy atom. The number of aliphatic hydroxyl groups is 1. The molecule has 5 N–H and O–H groups in total. The molecule has 28 heavy (non-hydrogen) atoms. The number of carboxylic acid groups (broad SMARTS) is 1. The summed E-state index contributed by atoms with van der Waals surface area (Å²) in [5.74, 6) is -0.958. The summed E-state index contributed by atoms with van der Waals surface area (Å²) in [7, 11) is 0. The number of hydrogen-bond donors (Lipinski definition) is 4. The van der Waals surface area contributed by atoms with Crippen LogP contribution in [0.4, 0.5) is 5.69 Å². The Labute approximate surface area is 163 Å². The van der Waals surface area contributed by atoms with Gasteiger partial charge in [-0.05, 0) is 56.2 Å². The van der Waals surface area contributed by atoms with E-state index in [2.05, 4.69) is 24.1 Å². The zero-order valence-corrected chi connectivity index (χ0v) is 16.1. The number of nitrogens with zero attached hydrogens (tertiary/aromatic N) is 2. The topological polar surface area (TPSA) is 113 Å². The summed E-state index contributed by atoms with van der Waals surface area (Å²) in [6.07, 6.45) is 1.91. The summed E-state index contributed by atoms with van der Waals surface area (Å²) in [4.78, 5) is 15.4. The van der Waals surface area contributed by atoms with Crippen molar-refractivity contribution in [1.82, 2.24) is 14.9 Å². The van der Waals surface area contributed by atoms with E-state index in [0.717, 1.165) is 24.0 Å². The molecular formula is C21H26N4O3. The highest BCUT2D eigenvalue weighted by Gasteiger charge is 2.20. The van der Waals surface area contributed by atoms with Crippen molar-refractivity contribution in [3.63, 3.8) is 0 Å². The van der Waals surface area contributed by atoms with Crippen LogP contribution in [-0.2, 0) is 6.54 Å². The number of β-amino-alcohol motifs (C(OH)–C–C–N with tert-alkyl or cyclic N) is 1. The number of rotatable bonds is 8. The first kappa shape index (κ1) is 19.9. The normalized spacial score (nSPS) is 13.0. The van der Waals surface area contributed by atoms with Gasteiger partial charge in [-0.2, -0.15) is 0 Å². The molecule has 7 heteroatoms. The van der Waals surface area contributed by atoms with E-state index in [0.29, 0.717) is 17.7 Å². The number of aromatic carboxylic acids is 1. The number of nitrogen functional groups attached to an aromatic ring is 1. The van der Waals surface area contributed by atoms with Crippen LogP contribution >= 0.6 is 0 Å². The largest absolute Gasteiger partial charge is 0.478 e. The molecule has 1 aromatic heterocycles. The summed E-state index contributed by atoms with van der Waals surface area (Å²) in [6, 6.07) is 12.2. The van der Waals surface area contributed by atoms with Gasteiger partial charge in [-0.3, -0.25) is 0 Å². The second kappa shape index (κ2) is 8.00. The molecule has 0 unspecified atom stereocenters. The van der Waals surface area contributed by atoms with Crippen LogP contribution in [0.3, 0.4) is 0 Å². The maximum atomic E-state index is 11.1. The lowest BCUT2D eigenvalue weighted by atomic mass is 9.99. The molecule has 1 heterocycles. The number of imidazole rings is 1. The minimum atomic E-state index is -0.958. The van der Waals surface area contributed by atoms with Gasteiger partial charge < -0.3 is 25.8 Å². The van der Waals surface area contributed by atoms with E-state index in [1.54, 1.807) is 36.7 Å². The van der Waals surface area contributed by atoms with E-state index < -0.39 is 12.1 Å². The van der Waals surface area contributed by atoms with Crippen LogP contribution in [-0.4, -0.2) is 37.8 Å². The number of benzene rings is 2. The number of anilines is 1. The maximum absolute atomic E-state index is 11.1. The molecule has 0 spiro atoms. The molecule has 1 atom stereocenters. The highest BCUT2D eigenvalue weighted by atomic mass is 16.4. The molecule has 0 saturated heterocycles. The van der Waals surface area contributed by atoms with Crippen LogP contribution in [0.5, 0.6) is 0 Å². The maximum Gasteiger partial charge on any atom is 0.335 e. The first-order valence-corrected chi connectivity index (χ1v) is 9.22. The van der Waals surface area contributed by atoms with Gasteiger partial charge in [-0.1, -0.05) is 12.1 Å². The third-order valence-electron chi connectivity index (χ3n) is 4.92. The summed E-state index contributed by atoms with van der Waals surface area (Å²) in [5.41, 5.74) is 8.80. The van der Waals surface area contributed by atoms with Crippen LogP contribution in [0, 0.1) is 0 Å². The fourth-order valence-electron chi connectivity index (χ4n) is 3.12. The zero-order valence-electron chi connectivity index (χ0n) is 16.1. The number of hydrogen-bond acceptors (Lipinski definition) is 5. The fourth-order valence-corrected chi connectivity index (χ4v) is 3.12. The van der Waals surface area contributed by atoms with E-state index >= 15 is 0 Å². The van der Waals surface area contributed by atoms with Gasteiger partial charge in [-0.25, -0.2) is 9.78 Å². The minimum absolute atomic E-state index is 0.209. The quantitative estimate of drug-likeness (QED) is 0.446. The van der Waals surface area contributed by atoms with Crippen LogP contribution < -0.4 is 11.1 Å². The molecule has 0 aliphatic rings. The molecule has 0 saturated carbocycles. The molecule has 2 aromatic carbocycles. The van der Waals surface area contributed by atoms with E-state index in [1.807, 2.05) is 16.7 Å². The second-order valence-electron chi connectivity index (χ2n) is 7.65. The lowest BCUT2D eigenvalue weighted by Gasteiger charge is -2.28. The van der Waals surface area contributed by atoms with Gasteiger partial charge in [0.15, 0.2) is 0 Å². The van der Waals surface area contributed by atoms with Crippen LogP contribution in [0.25, 0.3) is 11.0 Å². The third kappa shape index (κ3) is 4.68. The Balaban J connectivity index is 1.60. The van der Waals surface area contributed by atoms with Gasteiger partial charge in [0.05, 0.1) is 29.0 Å². The SMILES string of the molecule is CC(C)(CCn1cnc2cc(C(=O)O)ccc21)NC[C@H](O)c1cccc(N)c1. The number of carbonyl (C=O) groups is 1. The molecular weight excluding hydrogens is 356 g/mol. The van der Waals surface area contributed by atoms with Gasteiger partial charge in [0, 0.05) is 24.3 Å². The summed E-state index contributed by atoms with van der Waals surface area (Å²) in [6.45, 7) is 5.31. The van der Waals surface area contributed by atoms with Crippen molar-refractivity contribution in [3.05, 3.63) is 59.9 Å². The van der Waals surface area contributed by atoms with E-state index in [4.69, 9.17) is 10.8 Å². The van der Waals surface area contributed by atoms with Crippen molar-refractivity contribution in [3.8, 4) is 0 Å². The molecule has 0 bridgehead atoms. The van der Waals surface area contributed by atoms with Crippen LogP contribution in [0.15, 0.2) is 48.8 Å². The number of aryl methyl sites for hydroxylation is 1. The Kier molecular flexibility index (Phi) is 5.67. The Morgan fingerprint density at radius 1 is 1.29 bits per heavy atom. The van der Waals surface area contributed by atoms with Gasteiger partial charge in [0.1, 0.15) is 0 Å². The lowest BCUT2D eigenvalue weighted by Crippen LogP contribution is -2.42. The number of carboxylic acids is 1. The summed E-state index contributed by atoms with van der Waals surface area (Å²) in [5, 5.41) is 22.9. The molecule has 3 rings (SSSR count). The van der Waals surface area contributed by atoms with Gasteiger partial charge >= 0.3 is 5.97 Å². The molecule has 0 aliphatic carbocycles. The average molecular weight is 382 g/mol. The molecule has 0 radical (unpaired) electrons.